The molecule has 26 heavy (non-hydrogen) atoms. The van der Waals surface area contributed by atoms with Crippen LogP contribution in [0.4, 0.5) is 0 Å². The Morgan fingerprint density at radius 1 is 1.23 bits per heavy atom. The lowest BCUT2D eigenvalue weighted by atomic mass is 9.81. The molecule has 0 radical (unpaired) electrons. The summed E-state index contributed by atoms with van der Waals surface area (Å²) in [5.74, 6) is 0.114. The predicted molar refractivity (Wildman–Crippen MR) is 107 cm³/mol. The Bertz CT molecular complexity index is 435. The topological polar surface area (TPSA) is 87.9 Å². The van der Waals surface area contributed by atoms with Gasteiger partial charge in [0, 0.05) is 45.7 Å². The molecule has 0 saturated carbocycles. The van der Waals surface area contributed by atoms with Gasteiger partial charge in [0.05, 0.1) is 24.7 Å². The van der Waals surface area contributed by atoms with Crippen LogP contribution in [0, 0.1) is 5.41 Å². The van der Waals surface area contributed by atoms with Crippen LogP contribution in [0.1, 0.15) is 33.1 Å². The average Bonchev–Trinajstić information content (AvgIpc) is 2.95. The van der Waals surface area contributed by atoms with Gasteiger partial charge in [-0.15, -0.1) is 24.8 Å². The van der Waals surface area contributed by atoms with Gasteiger partial charge in [0.2, 0.25) is 11.8 Å². The summed E-state index contributed by atoms with van der Waals surface area (Å²) in [5, 5.41) is 3.06. The van der Waals surface area contributed by atoms with Crippen molar-refractivity contribution in [3.8, 4) is 0 Å². The van der Waals surface area contributed by atoms with Gasteiger partial charge in [-0.25, -0.2) is 0 Å². The first kappa shape index (κ1) is 25.4. The monoisotopic (exact) mass is 412 g/mol. The first-order chi connectivity index (χ1) is 11.5. The molecule has 7 nitrogen and oxygen atoms in total. The van der Waals surface area contributed by atoms with E-state index in [1.54, 1.807) is 0 Å². The third-order valence-corrected chi connectivity index (χ3v) is 5.57. The van der Waals surface area contributed by atoms with E-state index >= 15 is 0 Å². The van der Waals surface area contributed by atoms with E-state index in [1.807, 2.05) is 18.7 Å². The highest BCUT2D eigenvalue weighted by molar-refractivity contribution is 5.86. The molecule has 2 saturated heterocycles. The van der Waals surface area contributed by atoms with E-state index in [-0.39, 0.29) is 42.7 Å². The molecule has 2 rings (SSSR count). The fourth-order valence-electron chi connectivity index (χ4n) is 3.46. The molecule has 0 aromatic rings. The number of hydrogen-bond donors (Lipinski definition) is 2. The molecule has 9 heteroatoms. The second kappa shape index (κ2) is 12.0. The molecule has 2 fully saturated rings. The summed E-state index contributed by atoms with van der Waals surface area (Å²) < 4.78 is 5.34. The summed E-state index contributed by atoms with van der Waals surface area (Å²) in [5.41, 5.74) is 5.33. The number of halogens is 2. The van der Waals surface area contributed by atoms with Crippen LogP contribution in [0.5, 0.6) is 0 Å². The third kappa shape index (κ3) is 6.23. The van der Waals surface area contributed by atoms with Gasteiger partial charge >= 0.3 is 0 Å². The zero-order valence-corrected chi connectivity index (χ0v) is 17.5. The van der Waals surface area contributed by atoms with Gasteiger partial charge in [-0.3, -0.25) is 14.5 Å². The molecule has 1 unspecified atom stereocenters. The molecular formula is C17H34Cl2N4O3. The van der Waals surface area contributed by atoms with Crippen molar-refractivity contribution in [1.29, 1.82) is 0 Å². The van der Waals surface area contributed by atoms with Crippen molar-refractivity contribution < 1.29 is 14.3 Å². The third-order valence-electron chi connectivity index (χ3n) is 5.57. The van der Waals surface area contributed by atoms with Crippen molar-refractivity contribution in [3.05, 3.63) is 0 Å². The second-order valence-corrected chi connectivity index (χ2v) is 6.86. The highest BCUT2D eigenvalue weighted by atomic mass is 35.5. The van der Waals surface area contributed by atoms with Gasteiger partial charge in [-0.1, -0.05) is 13.8 Å². The summed E-state index contributed by atoms with van der Waals surface area (Å²) in [6, 6.07) is -0.0984. The molecule has 0 aliphatic carbocycles. The number of nitrogens with zero attached hydrogens (tertiary/aromatic N) is 2. The number of nitrogens with two attached hydrogens (primary N) is 1. The maximum Gasteiger partial charge on any atom is 0.227 e. The molecule has 154 valence electrons. The van der Waals surface area contributed by atoms with Crippen LogP contribution in [-0.4, -0.2) is 80.1 Å². The summed E-state index contributed by atoms with van der Waals surface area (Å²) in [4.78, 5) is 29.0. The number of amides is 2. The van der Waals surface area contributed by atoms with Crippen molar-refractivity contribution >= 4 is 36.6 Å². The zero-order valence-electron chi connectivity index (χ0n) is 15.9. The number of nitrogens with one attached hydrogen (secondary N) is 1. The summed E-state index contributed by atoms with van der Waals surface area (Å²) in [7, 11) is 0. The minimum atomic E-state index is -0.510. The van der Waals surface area contributed by atoms with Crippen LogP contribution in [0.25, 0.3) is 0 Å². The molecule has 3 N–H and O–H groups in total. The molecule has 2 aliphatic heterocycles. The van der Waals surface area contributed by atoms with E-state index in [9.17, 15) is 9.59 Å². The Morgan fingerprint density at radius 2 is 1.85 bits per heavy atom. The van der Waals surface area contributed by atoms with Crippen LogP contribution in [0.2, 0.25) is 0 Å². The van der Waals surface area contributed by atoms with Crippen LogP contribution < -0.4 is 11.1 Å². The zero-order chi connectivity index (χ0) is 17.6. The van der Waals surface area contributed by atoms with Crippen LogP contribution in [0.3, 0.4) is 0 Å². The first-order valence-electron chi connectivity index (χ1n) is 9.13. The number of carbonyl (C=O) groups is 2. The fourth-order valence-corrected chi connectivity index (χ4v) is 3.46. The van der Waals surface area contributed by atoms with Gasteiger partial charge in [-0.05, 0) is 12.8 Å². The fraction of sp³-hybridized carbons (Fsp3) is 0.882. The van der Waals surface area contributed by atoms with E-state index in [1.165, 1.54) is 0 Å². The number of carbonyl (C=O) groups excluding carboxylic acids is 2. The molecule has 0 aromatic carbocycles. The summed E-state index contributed by atoms with van der Waals surface area (Å²) >= 11 is 0. The summed E-state index contributed by atoms with van der Waals surface area (Å²) in [6.45, 7) is 9.89. The number of likely N-dealkylation sites (tertiary alicyclic amines) is 1. The predicted octanol–water partition coefficient (Wildman–Crippen LogP) is 0.644. The van der Waals surface area contributed by atoms with Crippen molar-refractivity contribution in [3.63, 3.8) is 0 Å². The number of hydrogen-bond acceptors (Lipinski definition) is 5. The number of ether oxygens (including phenoxy) is 1. The first-order valence-corrected chi connectivity index (χ1v) is 9.13. The molecule has 0 aromatic heterocycles. The molecular weight excluding hydrogens is 379 g/mol. The highest BCUT2D eigenvalue weighted by Gasteiger charge is 2.37. The maximum atomic E-state index is 12.6. The van der Waals surface area contributed by atoms with E-state index in [4.69, 9.17) is 10.5 Å². The maximum absolute atomic E-state index is 12.6. The minimum Gasteiger partial charge on any atom is -0.379 e. The smallest absolute Gasteiger partial charge is 0.227 e. The van der Waals surface area contributed by atoms with Gasteiger partial charge in [0.1, 0.15) is 0 Å². The molecule has 0 bridgehead atoms. The van der Waals surface area contributed by atoms with Crippen LogP contribution in [0.15, 0.2) is 0 Å². The van der Waals surface area contributed by atoms with Crippen molar-refractivity contribution in [2.45, 2.75) is 39.2 Å². The summed E-state index contributed by atoms with van der Waals surface area (Å²) in [6.07, 6.45) is 1.82. The van der Waals surface area contributed by atoms with Crippen molar-refractivity contribution in [1.82, 2.24) is 15.1 Å². The van der Waals surface area contributed by atoms with E-state index in [0.717, 1.165) is 39.4 Å². The largest absolute Gasteiger partial charge is 0.379 e. The lowest BCUT2D eigenvalue weighted by Gasteiger charge is -2.30. The number of morpholine rings is 1. The van der Waals surface area contributed by atoms with E-state index < -0.39 is 5.41 Å². The Labute approximate surface area is 169 Å². The van der Waals surface area contributed by atoms with Crippen LogP contribution in [-0.2, 0) is 14.3 Å². The minimum absolute atomic E-state index is 0. The SMILES string of the molecule is CCC(CC)(CN)C(=O)NC1CC(=O)N(CCN2CCOCC2)C1.Cl.Cl. The Hall–Kier alpha value is -0.600. The lowest BCUT2D eigenvalue weighted by molar-refractivity contribution is -0.131. The van der Waals surface area contributed by atoms with E-state index in [2.05, 4.69) is 10.2 Å². The van der Waals surface area contributed by atoms with Gasteiger partial charge < -0.3 is 20.7 Å². The average molecular weight is 413 g/mol. The van der Waals surface area contributed by atoms with E-state index in [0.29, 0.717) is 32.4 Å². The molecule has 0 spiro atoms. The molecule has 1 atom stereocenters. The Morgan fingerprint density at radius 3 is 2.38 bits per heavy atom. The van der Waals surface area contributed by atoms with Gasteiger partial charge in [-0.2, -0.15) is 0 Å². The number of rotatable bonds is 8. The quantitative estimate of drug-likeness (QED) is 0.610. The Balaban J connectivity index is 0.00000312. The highest BCUT2D eigenvalue weighted by Crippen LogP contribution is 2.26. The second-order valence-electron chi connectivity index (χ2n) is 6.86. The normalized spacial score (nSPS) is 21.1. The molecule has 2 aliphatic rings. The lowest BCUT2D eigenvalue weighted by Crippen LogP contribution is -2.49. The van der Waals surface area contributed by atoms with Gasteiger partial charge in [0.15, 0.2) is 0 Å². The standard InChI is InChI=1S/C17H32N4O3.2ClH/c1-3-17(4-2,13-18)16(23)19-14-11-15(22)21(12-14)6-5-20-7-9-24-10-8-20;;/h14H,3-13,18H2,1-2H3,(H,19,23);2*1H. The van der Waals surface area contributed by atoms with Gasteiger partial charge in [0.25, 0.3) is 0 Å². The van der Waals surface area contributed by atoms with Crippen LogP contribution >= 0.6 is 24.8 Å². The van der Waals surface area contributed by atoms with Crippen molar-refractivity contribution in [2.24, 2.45) is 11.1 Å². The Kier molecular flexibility index (Phi) is 11.7. The molecule has 2 amide bonds. The molecule has 2 heterocycles. The van der Waals surface area contributed by atoms with Crippen molar-refractivity contribution in [2.75, 3.05) is 52.5 Å².